The zero-order valence-electron chi connectivity index (χ0n) is 16.5. The Morgan fingerprint density at radius 2 is 1.73 bits per heavy atom. The number of carbonyl (C=O) groups excluding carboxylic acids is 2. The van der Waals surface area contributed by atoms with Gasteiger partial charge < -0.3 is 4.90 Å². The number of hydrogen-bond donors (Lipinski definition) is 0. The third kappa shape index (κ3) is 1.94. The number of amides is 1. The number of benzene rings is 2. The summed E-state index contributed by atoms with van der Waals surface area (Å²) in [4.78, 5) is 45.8. The van der Waals surface area contributed by atoms with Crippen molar-refractivity contribution >= 4 is 33.6 Å². The lowest BCUT2D eigenvalue weighted by Gasteiger charge is -2.36. The molecule has 2 aliphatic heterocycles. The molecule has 0 saturated heterocycles. The van der Waals surface area contributed by atoms with E-state index in [0.29, 0.717) is 23.3 Å². The molecule has 0 N–H and O–H groups in total. The van der Waals surface area contributed by atoms with E-state index in [-0.39, 0.29) is 17.4 Å². The molecule has 4 aromatic rings. The van der Waals surface area contributed by atoms with E-state index in [9.17, 15) is 14.4 Å². The van der Waals surface area contributed by atoms with Gasteiger partial charge >= 0.3 is 0 Å². The highest BCUT2D eigenvalue weighted by atomic mass is 16.2. The van der Waals surface area contributed by atoms with Crippen LogP contribution in [0.3, 0.4) is 0 Å². The van der Waals surface area contributed by atoms with Crippen molar-refractivity contribution in [2.75, 3.05) is 0 Å². The first-order valence-corrected chi connectivity index (χ1v) is 9.94. The van der Waals surface area contributed by atoms with Crippen molar-refractivity contribution in [3.05, 3.63) is 76.0 Å². The molecule has 0 radical (unpaired) electrons. The van der Waals surface area contributed by atoms with Gasteiger partial charge in [0.05, 0.1) is 22.1 Å². The van der Waals surface area contributed by atoms with Crippen LogP contribution in [0.15, 0.2) is 53.3 Å². The van der Waals surface area contributed by atoms with E-state index in [1.54, 1.807) is 34.6 Å². The van der Waals surface area contributed by atoms with Crippen molar-refractivity contribution in [2.24, 2.45) is 0 Å². The first-order chi connectivity index (χ1) is 14.5. The first kappa shape index (κ1) is 17.1. The molecular formula is C23H18N4O3. The van der Waals surface area contributed by atoms with Gasteiger partial charge in [0, 0.05) is 24.4 Å². The fourth-order valence-electron chi connectivity index (χ4n) is 5.08. The maximum atomic E-state index is 13.3. The maximum absolute atomic E-state index is 13.3. The van der Waals surface area contributed by atoms with Gasteiger partial charge in [-0.15, -0.1) is 0 Å². The summed E-state index contributed by atoms with van der Waals surface area (Å²) in [6.07, 6.45) is 0. The van der Waals surface area contributed by atoms with E-state index in [0.717, 1.165) is 22.2 Å². The number of hydrogen-bond acceptors (Lipinski definition) is 4. The lowest BCUT2D eigenvalue weighted by Crippen LogP contribution is -2.47. The van der Waals surface area contributed by atoms with Crippen LogP contribution < -0.4 is 5.56 Å². The van der Waals surface area contributed by atoms with Crippen molar-refractivity contribution in [2.45, 2.75) is 32.5 Å². The summed E-state index contributed by atoms with van der Waals surface area (Å²) in [5.74, 6) is 0.243. The van der Waals surface area contributed by atoms with Gasteiger partial charge in [-0.1, -0.05) is 30.3 Å². The second-order valence-corrected chi connectivity index (χ2v) is 7.94. The van der Waals surface area contributed by atoms with Gasteiger partial charge in [-0.3, -0.25) is 23.5 Å². The molecule has 30 heavy (non-hydrogen) atoms. The van der Waals surface area contributed by atoms with Crippen LogP contribution >= 0.6 is 0 Å². The van der Waals surface area contributed by atoms with E-state index in [4.69, 9.17) is 4.98 Å². The minimum absolute atomic E-state index is 0.130. The molecule has 0 fully saturated rings. The summed E-state index contributed by atoms with van der Waals surface area (Å²) in [7, 11) is 0. The molecule has 0 bridgehead atoms. The molecule has 2 aromatic heterocycles. The number of fused-ring (bicyclic) bond motifs is 8. The maximum Gasteiger partial charge on any atom is 0.262 e. The zero-order valence-corrected chi connectivity index (χ0v) is 16.5. The Labute approximate surface area is 171 Å². The number of rotatable bonds is 0. The monoisotopic (exact) mass is 398 g/mol. The molecule has 7 nitrogen and oxygen atoms in total. The Morgan fingerprint density at radius 1 is 1.03 bits per heavy atom. The molecule has 2 aliphatic rings. The lowest BCUT2D eigenvalue weighted by molar-refractivity contribution is -0.138. The molecule has 4 heterocycles. The molecule has 2 aromatic carbocycles. The van der Waals surface area contributed by atoms with E-state index in [2.05, 4.69) is 0 Å². The standard InChI is InChI=1S/C23H18N4O3/c1-12-22(29)25-11-16-14-7-4-6-10-18(14)27(13(2)28)19(16)20(25)21-24-17-9-5-3-8-15(17)23(30)26(12)21/h3-10,12,20H,11H2,1-2H3/t12-,20+/m0/s1. The smallest absolute Gasteiger partial charge is 0.262 e. The van der Waals surface area contributed by atoms with Gasteiger partial charge in [-0.2, -0.15) is 0 Å². The fourth-order valence-corrected chi connectivity index (χ4v) is 5.08. The molecule has 148 valence electrons. The SMILES string of the molecule is CC(=O)n1c2c(c3ccccc31)CN1C(=O)[C@H](C)n3c(nc4ccccc4c3=O)[C@@H]21. The van der Waals surface area contributed by atoms with Crippen molar-refractivity contribution < 1.29 is 9.59 Å². The Morgan fingerprint density at radius 3 is 2.50 bits per heavy atom. The Hall–Kier alpha value is -3.74. The molecule has 0 unspecified atom stereocenters. The summed E-state index contributed by atoms with van der Waals surface area (Å²) >= 11 is 0. The van der Waals surface area contributed by atoms with Crippen molar-refractivity contribution in [1.82, 2.24) is 19.0 Å². The van der Waals surface area contributed by atoms with Crippen LogP contribution in [0.25, 0.3) is 21.8 Å². The van der Waals surface area contributed by atoms with Crippen molar-refractivity contribution in [1.29, 1.82) is 0 Å². The second kappa shape index (κ2) is 5.66. The van der Waals surface area contributed by atoms with Gasteiger partial charge in [0.1, 0.15) is 17.9 Å². The van der Waals surface area contributed by atoms with Crippen LogP contribution in [-0.2, 0) is 11.3 Å². The van der Waals surface area contributed by atoms with E-state index in [1.165, 1.54) is 11.5 Å². The van der Waals surface area contributed by atoms with E-state index >= 15 is 0 Å². The third-order valence-corrected chi connectivity index (χ3v) is 6.34. The number of nitrogens with zero attached hydrogens (tertiary/aromatic N) is 4. The molecule has 1 amide bonds. The van der Waals surface area contributed by atoms with Gasteiger partial charge in [-0.25, -0.2) is 4.98 Å². The highest BCUT2D eigenvalue weighted by molar-refractivity contribution is 5.97. The van der Waals surface area contributed by atoms with Crippen molar-refractivity contribution in [3.63, 3.8) is 0 Å². The molecule has 0 aliphatic carbocycles. The largest absolute Gasteiger partial charge is 0.321 e. The van der Waals surface area contributed by atoms with E-state index < -0.39 is 12.1 Å². The Bertz CT molecular complexity index is 1480. The number of para-hydroxylation sites is 2. The first-order valence-electron chi connectivity index (χ1n) is 9.94. The van der Waals surface area contributed by atoms with Crippen LogP contribution in [0.1, 0.15) is 47.8 Å². The van der Waals surface area contributed by atoms with Crippen LogP contribution in [-0.4, -0.2) is 30.8 Å². The predicted octanol–water partition coefficient (Wildman–Crippen LogP) is 3.02. The lowest BCUT2D eigenvalue weighted by atomic mass is 10.1. The van der Waals surface area contributed by atoms with Crippen LogP contribution in [0.2, 0.25) is 0 Å². The van der Waals surface area contributed by atoms with Gasteiger partial charge in [-0.05, 0) is 25.1 Å². The minimum Gasteiger partial charge on any atom is -0.321 e. The zero-order chi connectivity index (χ0) is 20.7. The van der Waals surface area contributed by atoms with Crippen LogP contribution in [0.5, 0.6) is 0 Å². The Kier molecular flexibility index (Phi) is 3.23. The molecular weight excluding hydrogens is 380 g/mol. The number of carbonyl (C=O) groups is 2. The third-order valence-electron chi connectivity index (χ3n) is 6.34. The summed E-state index contributed by atoms with van der Waals surface area (Å²) < 4.78 is 3.17. The Balaban J connectivity index is 1.75. The average molecular weight is 398 g/mol. The minimum atomic E-state index is -0.651. The highest BCUT2D eigenvalue weighted by Gasteiger charge is 2.47. The van der Waals surface area contributed by atoms with Crippen LogP contribution in [0, 0.1) is 0 Å². The average Bonchev–Trinajstić information content (AvgIpc) is 3.27. The van der Waals surface area contributed by atoms with Gasteiger partial charge in [0.2, 0.25) is 11.8 Å². The van der Waals surface area contributed by atoms with Gasteiger partial charge in [0.25, 0.3) is 5.56 Å². The number of aromatic nitrogens is 3. The molecule has 0 spiro atoms. The van der Waals surface area contributed by atoms with Crippen LogP contribution in [0.4, 0.5) is 0 Å². The normalized spacial score (nSPS) is 19.8. The summed E-state index contributed by atoms with van der Waals surface area (Å²) in [6, 6.07) is 13.7. The topological polar surface area (TPSA) is 77.2 Å². The molecule has 0 saturated carbocycles. The summed E-state index contributed by atoms with van der Waals surface area (Å²) in [5, 5.41) is 1.44. The highest BCUT2D eigenvalue weighted by Crippen LogP contribution is 2.46. The van der Waals surface area contributed by atoms with Crippen molar-refractivity contribution in [3.8, 4) is 0 Å². The van der Waals surface area contributed by atoms with E-state index in [1.807, 2.05) is 30.3 Å². The van der Waals surface area contributed by atoms with Gasteiger partial charge in [0.15, 0.2) is 0 Å². The molecule has 2 atom stereocenters. The molecule has 6 rings (SSSR count). The second-order valence-electron chi connectivity index (χ2n) is 7.94. The predicted molar refractivity (Wildman–Crippen MR) is 111 cm³/mol. The molecule has 7 heteroatoms. The summed E-state index contributed by atoms with van der Waals surface area (Å²) in [5.41, 5.74) is 2.86. The quantitative estimate of drug-likeness (QED) is 0.456. The summed E-state index contributed by atoms with van der Waals surface area (Å²) in [6.45, 7) is 3.65. The fraction of sp³-hybridized carbons (Fsp3) is 0.217.